The second-order valence-electron chi connectivity index (χ2n) is 4.16. The van der Waals surface area contributed by atoms with Gasteiger partial charge in [-0.3, -0.25) is 4.79 Å². The van der Waals surface area contributed by atoms with Crippen molar-refractivity contribution >= 4 is 23.2 Å². The number of hydrogen-bond acceptors (Lipinski definition) is 2. The van der Waals surface area contributed by atoms with E-state index in [0.717, 1.165) is 12.2 Å². The lowest BCUT2D eigenvalue weighted by atomic mass is 9.98. The predicted molar refractivity (Wildman–Crippen MR) is 70.3 cm³/mol. The van der Waals surface area contributed by atoms with Gasteiger partial charge in [0.2, 0.25) is 5.91 Å². The van der Waals surface area contributed by atoms with Crippen LogP contribution in [0.2, 0.25) is 0 Å². The van der Waals surface area contributed by atoms with Crippen LogP contribution in [0.5, 0.6) is 0 Å². The summed E-state index contributed by atoms with van der Waals surface area (Å²) in [7, 11) is 0. The number of para-hydroxylation sites is 1. The van der Waals surface area contributed by atoms with Crippen molar-refractivity contribution in [3.63, 3.8) is 0 Å². The minimum absolute atomic E-state index is 0.00954. The molecule has 2 N–H and O–H groups in total. The highest BCUT2D eigenvalue weighted by molar-refractivity contribution is 6.29. The molecule has 1 atom stereocenters. The zero-order valence-corrected chi connectivity index (χ0v) is 10.3. The first-order valence-corrected chi connectivity index (χ1v) is 5.97. The maximum atomic E-state index is 11.7. The van der Waals surface area contributed by atoms with Crippen LogP contribution in [0.25, 0.3) is 0 Å². The number of anilines is 1. The van der Waals surface area contributed by atoms with Crippen LogP contribution >= 0.6 is 11.6 Å². The van der Waals surface area contributed by atoms with Crippen molar-refractivity contribution in [2.24, 2.45) is 0 Å². The normalized spacial score (nSPS) is 17.1. The maximum absolute atomic E-state index is 11.7. The number of rotatable bonds is 4. The smallest absolute Gasteiger partial charge is 0.220 e. The van der Waals surface area contributed by atoms with Crippen molar-refractivity contribution in [2.45, 2.75) is 12.3 Å². The first-order valence-electron chi connectivity index (χ1n) is 5.59. The largest absolute Gasteiger partial charge is 0.384 e. The van der Waals surface area contributed by atoms with E-state index in [0.29, 0.717) is 18.0 Å². The standard InChI is InChI=1S/C13H15ClN2O/c1-9(14)7-16-13(17)6-10-8-15-12-5-3-2-4-11(10)12/h2-5,10,15H,1,6-8H2,(H,16,17). The van der Waals surface area contributed by atoms with E-state index >= 15 is 0 Å². The Hall–Kier alpha value is -1.48. The zero-order valence-electron chi connectivity index (χ0n) is 9.50. The van der Waals surface area contributed by atoms with Gasteiger partial charge < -0.3 is 10.6 Å². The van der Waals surface area contributed by atoms with Crippen molar-refractivity contribution in [3.8, 4) is 0 Å². The quantitative estimate of drug-likeness (QED) is 0.862. The number of hydrogen-bond donors (Lipinski definition) is 2. The first-order chi connectivity index (χ1) is 8.16. The van der Waals surface area contributed by atoms with Crippen LogP contribution < -0.4 is 10.6 Å². The second-order valence-corrected chi connectivity index (χ2v) is 4.70. The first kappa shape index (κ1) is 12.0. The summed E-state index contributed by atoms with van der Waals surface area (Å²) in [5.41, 5.74) is 2.35. The zero-order chi connectivity index (χ0) is 12.3. The lowest BCUT2D eigenvalue weighted by molar-refractivity contribution is -0.121. The Morgan fingerprint density at radius 1 is 1.53 bits per heavy atom. The fourth-order valence-corrected chi connectivity index (χ4v) is 2.10. The molecule has 0 spiro atoms. The molecule has 17 heavy (non-hydrogen) atoms. The molecule has 0 radical (unpaired) electrons. The Bertz CT molecular complexity index is 445. The molecule has 1 aliphatic heterocycles. The van der Waals surface area contributed by atoms with Gasteiger partial charge in [0.15, 0.2) is 0 Å². The fraction of sp³-hybridized carbons (Fsp3) is 0.308. The SMILES string of the molecule is C=C(Cl)CNC(=O)CC1CNc2ccccc21. The van der Waals surface area contributed by atoms with E-state index in [9.17, 15) is 4.79 Å². The van der Waals surface area contributed by atoms with Gasteiger partial charge in [-0.25, -0.2) is 0 Å². The summed E-state index contributed by atoms with van der Waals surface area (Å²) < 4.78 is 0. The van der Waals surface area contributed by atoms with Gasteiger partial charge in [-0.05, 0) is 11.6 Å². The lowest BCUT2D eigenvalue weighted by Gasteiger charge is -2.10. The molecule has 0 saturated carbocycles. The molecule has 3 nitrogen and oxygen atoms in total. The molecule has 0 saturated heterocycles. The van der Waals surface area contributed by atoms with Crippen LogP contribution in [0.3, 0.4) is 0 Å². The predicted octanol–water partition coefficient (Wildman–Crippen LogP) is 2.45. The average molecular weight is 251 g/mol. The monoisotopic (exact) mass is 250 g/mol. The molecule has 1 unspecified atom stereocenters. The molecule has 4 heteroatoms. The van der Waals surface area contributed by atoms with Crippen LogP contribution in [-0.4, -0.2) is 19.0 Å². The number of amides is 1. The van der Waals surface area contributed by atoms with Gasteiger partial charge in [-0.15, -0.1) is 0 Å². The summed E-state index contributed by atoms with van der Waals surface area (Å²) in [4.78, 5) is 11.7. The molecule has 1 aromatic rings. The van der Waals surface area contributed by atoms with Gasteiger partial charge >= 0.3 is 0 Å². The molecular weight excluding hydrogens is 236 g/mol. The summed E-state index contributed by atoms with van der Waals surface area (Å²) in [6.07, 6.45) is 0.480. The van der Waals surface area contributed by atoms with Crippen molar-refractivity contribution in [2.75, 3.05) is 18.4 Å². The topological polar surface area (TPSA) is 41.1 Å². The van der Waals surface area contributed by atoms with Crippen LogP contribution in [0.15, 0.2) is 35.9 Å². The van der Waals surface area contributed by atoms with Crippen LogP contribution in [0.4, 0.5) is 5.69 Å². The average Bonchev–Trinajstić information content (AvgIpc) is 2.70. The Morgan fingerprint density at radius 3 is 3.06 bits per heavy atom. The van der Waals surface area contributed by atoms with Gasteiger partial charge in [0.25, 0.3) is 0 Å². The molecule has 0 aliphatic carbocycles. The highest BCUT2D eigenvalue weighted by Gasteiger charge is 2.23. The van der Waals surface area contributed by atoms with Crippen LogP contribution in [0, 0.1) is 0 Å². The summed E-state index contributed by atoms with van der Waals surface area (Å²) >= 11 is 5.60. The van der Waals surface area contributed by atoms with E-state index in [1.54, 1.807) is 0 Å². The number of benzene rings is 1. The minimum atomic E-state index is 0.00954. The highest BCUT2D eigenvalue weighted by Crippen LogP contribution is 2.32. The molecule has 0 aromatic heterocycles. The third kappa shape index (κ3) is 3.01. The Kier molecular flexibility index (Phi) is 3.69. The van der Waals surface area contributed by atoms with Gasteiger partial charge in [0.05, 0.1) is 6.54 Å². The second kappa shape index (κ2) is 5.23. The van der Waals surface area contributed by atoms with E-state index in [1.807, 2.05) is 18.2 Å². The molecule has 0 bridgehead atoms. The third-order valence-electron chi connectivity index (χ3n) is 2.85. The van der Waals surface area contributed by atoms with Crippen LogP contribution in [-0.2, 0) is 4.79 Å². The Balaban J connectivity index is 1.93. The summed E-state index contributed by atoms with van der Waals surface area (Å²) in [6, 6.07) is 8.09. The molecule has 0 fully saturated rings. The van der Waals surface area contributed by atoms with E-state index in [2.05, 4.69) is 23.3 Å². The minimum Gasteiger partial charge on any atom is -0.384 e. The van der Waals surface area contributed by atoms with Gasteiger partial charge in [-0.2, -0.15) is 0 Å². The number of carbonyl (C=O) groups excluding carboxylic acids is 1. The highest BCUT2D eigenvalue weighted by atomic mass is 35.5. The number of nitrogens with one attached hydrogen (secondary N) is 2. The Labute approximate surface area is 106 Å². The van der Waals surface area contributed by atoms with E-state index in [-0.39, 0.29) is 11.8 Å². The van der Waals surface area contributed by atoms with Crippen molar-refractivity contribution in [3.05, 3.63) is 41.4 Å². The lowest BCUT2D eigenvalue weighted by Crippen LogP contribution is -2.26. The number of halogens is 1. The van der Waals surface area contributed by atoms with Crippen LogP contribution in [0.1, 0.15) is 17.9 Å². The van der Waals surface area contributed by atoms with E-state index in [1.165, 1.54) is 5.56 Å². The molecule has 90 valence electrons. The molecule has 1 heterocycles. The molecule has 1 amide bonds. The summed E-state index contributed by atoms with van der Waals surface area (Å²) in [5.74, 6) is 0.255. The number of fused-ring (bicyclic) bond motifs is 1. The van der Waals surface area contributed by atoms with Crippen molar-refractivity contribution in [1.82, 2.24) is 5.32 Å². The molecule has 2 rings (SSSR count). The number of carbonyl (C=O) groups is 1. The van der Waals surface area contributed by atoms with E-state index < -0.39 is 0 Å². The molecule has 1 aliphatic rings. The summed E-state index contributed by atoms with van der Waals surface area (Å²) in [6.45, 7) is 4.68. The summed E-state index contributed by atoms with van der Waals surface area (Å²) in [5, 5.41) is 6.49. The van der Waals surface area contributed by atoms with Crippen molar-refractivity contribution in [1.29, 1.82) is 0 Å². The maximum Gasteiger partial charge on any atom is 0.220 e. The van der Waals surface area contributed by atoms with Gasteiger partial charge in [0, 0.05) is 29.6 Å². The van der Waals surface area contributed by atoms with Gasteiger partial charge in [-0.1, -0.05) is 36.4 Å². The van der Waals surface area contributed by atoms with Gasteiger partial charge in [0.1, 0.15) is 0 Å². The third-order valence-corrected chi connectivity index (χ3v) is 2.98. The molecule has 1 aromatic carbocycles. The van der Waals surface area contributed by atoms with E-state index in [4.69, 9.17) is 11.6 Å². The van der Waals surface area contributed by atoms with Crippen molar-refractivity contribution < 1.29 is 4.79 Å². The molecular formula is C13H15ClN2O. The Morgan fingerprint density at radius 2 is 2.29 bits per heavy atom. The fourth-order valence-electron chi connectivity index (χ4n) is 2.03.